The van der Waals surface area contributed by atoms with Crippen molar-refractivity contribution in [1.29, 1.82) is 0 Å². The van der Waals surface area contributed by atoms with Gasteiger partial charge in [0, 0.05) is 21.2 Å². The maximum atomic E-state index is 12.2. The van der Waals surface area contributed by atoms with E-state index in [2.05, 4.69) is 21.2 Å². The molecule has 0 aliphatic heterocycles. The van der Waals surface area contributed by atoms with Gasteiger partial charge in [-0.25, -0.2) is 0 Å². The Hall–Kier alpha value is -2.11. The lowest BCUT2D eigenvalue weighted by atomic mass is 10.2. The number of anilines is 1. The van der Waals surface area contributed by atoms with Crippen molar-refractivity contribution in [3.05, 3.63) is 74.0 Å². The number of rotatable bonds is 2. The number of carbonyl (C=O) groups excluding carboxylic acids is 1. The van der Waals surface area contributed by atoms with Crippen LogP contribution in [0.5, 0.6) is 0 Å². The van der Waals surface area contributed by atoms with Crippen molar-refractivity contribution in [1.82, 2.24) is 0 Å². The Labute approximate surface area is 138 Å². The molecule has 110 valence electrons. The van der Waals surface area contributed by atoms with Crippen LogP contribution in [-0.2, 0) is 0 Å². The molecule has 1 amide bonds. The molecule has 0 saturated heterocycles. The minimum atomic E-state index is -0.499. The summed E-state index contributed by atoms with van der Waals surface area (Å²) in [7, 11) is 0. The highest BCUT2D eigenvalue weighted by atomic mass is 79.9. The maximum absolute atomic E-state index is 12.2. The van der Waals surface area contributed by atoms with Crippen LogP contribution in [-0.4, -0.2) is 5.91 Å². The Morgan fingerprint density at radius 3 is 2.55 bits per heavy atom. The normalized spacial score (nSPS) is 10.6. The number of hydrogen-bond acceptors (Lipinski definition) is 3. The first-order chi connectivity index (χ1) is 10.5. The molecule has 0 aliphatic rings. The van der Waals surface area contributed by atoms with Crippen molar-refractivity contribution in [3.63, 3.8) is 0 Å². The molecular weight excluding hydrogens is 370 g/mol. The highest BCUT2D eigenvalue weighted by Crippen LogP contribution is 2.19. The van der Waals surface area contributed by atoms with E-state index >= 15 is 0 Å². The van der Waals surface area contributed by atoms with Crippen LogP contribution < -0.4 is 10.7 Å². The molecule has 0 aliphatic carbocycles. The van der Waals surface area contributed by atoms with Gasteiger partial charge in [0.1, 0.15) is 5.58 Å². The lowest BCUT2D eigenvalue weighted by molar-refractivity contribution is 0.0997. The zero-order valence-corrected chi connectivity index (χ0v) is 13.4. The van der Waals surface area contributed by atoms with Crippen molar-refractivity contribution >= 4 is 50.1 Å². The van der Waals surface area contributed by atoms with Crippen LogP contribution in [0.2, 0.25) is 5.02 Å². The average Bonchev–Trinajstić information content (AvgIpc) is 2.49. The standard InChI is InChI=1S/C16H9BrClNO3/c17-9-1-6-12-13(20)8-15(22-14(12)7-9)16(21)19-11-4-2-10(18)3-5-11/h1-8H,(H,19,21). The summed E-state index contributed by atoms with van der Waals surface area (Å²) in [5.74, 6) is -0.549. The fourth-order valence-corrected chi connectivity index (χ4v) is 2.43. The second kappa shape index (κ2) is 5.94. The van der Waals surface area contributed by atoms with Gasteiger partial charge in [-0.1, -0.05) is 27.5 Å². The first kappa shape index (κ1) is 14.8. The van der Waals surface area contributed by atoms with Crippen molar-refractivity contribution in [3.8, 4) is 0 Å². The molecule has 3 rings (SSSR count). The zero-order chi connectivity index (χ0) is 15.7. The van der Waals surface area contributed by atoms with E-state index in [1.54, 1.807) is 42.5 Å². The van der Waals surface area contributed by atoms with Crippen LogP contribution in [0.1, 0.15) is 10.6 Å². The Morgan fingerprint density at radius 2 is 1.82 bits per heavy atom. The van der Waals surface area contributed by atoms with Gasteiger partial charge >= 0.3 is 0 Å². The minimum Gasteiger partial charge on any atom is -0.451 e. The summed E-state index contributed by atoms with van der Waals surface area (Å²) >= 11 is 9.09. The van der Waals surface area contributed by atoms with Gasteiger partial charge < -0.3 is 9.73 Å². The fourth-order valence-electron chi connectivity index (χ4n) is 1.97. The van der Waals surface area contributed by atoms with Crippen LogP contribution in [0.15, 0.2) is 62.2 Å². The molecule has 0 unspecified atom stereocenters. The van der Waals surface area contributed by atoms with Crippen LogP contribution in [0.25, 0.3) is 11.0 Å². The molecule has 1 N–H and O–H groups in total. The van der Waals surface area contributed by atoms with E-state index in [0.29, 0.717) is 21.7 Å². The smallest absolute Gasteiger partial charge is 0.291 e. The molecule has 6 heteroatoms. The molecule has 4 nitrogen and oxygen atoms in total. The molecule has 0 fully saturated rings. The maximum Gasteiger partial charge on any atom is 0.291 e. The van der Waals surface area contributed by atoms with E-state index < -0.39 is 5.91 Å². The molecule has 0 bridgehead atoms. The van der Waals surface area contributed by atoms with Gasteiger partial charge in [0.2, 0.25) is 0 Å². The van der Waals surface area contributed by atoms with Crippen LogP contribution in [0, 0.1) is 0 Å². The fraction of sp³-hybridized carbons (Fsp3) is 0. The molecular formula is C16H9BrClNO3. The highest BCUT2D eigenvalue weighted by Gasteiger charge is 2.13. The molecule has 3 aromatic rings. The first-order valence-electron chi connectivity index (χ1n) is 6.33. The molecule has 22 heavy (non-hydrogen) atoms. The van der Waals surface area contributed by atoms with Crippen LogP contribution in [0.3, 0.4) is 0 Å². The Balaban J connectivity index is 1.97. The second-order valence-electron chi connectivity index (χ2n) is 4.58. The van der Waals surface area contributed by atoms with E-state index in [9.17, 15) is 9.59 Å². The Morgan fingerprint density at radius 1 is 1.09 bits per heavy atom. The summed E-state index contributed by atoms with van der Waals surface area (Å²) in [5.41, 5.74) is 0.643. The third kappa shape index (κ3) is 3.05. The average molecular weight is 379 g/mol. The quantitative estimate of drug-likeness (QED) is 0.716. The summed E-state index contributed by atoms with van der Waals surface area (Å²) in [4.78, 5) is 24.2. The van der Waals surface area contributed by atoms with Gasteiger partial charge in [-0.05, 0) is 42.5 Å². The predicted octanol–water partition coefficient (Wildman–Crippen LogP) is 4.46. The number of benzene rings is 2. The third-order valence-corrected chi connectivity index (χ3v) is 3.76. The summed E-state index contributed by atoms with van der Waals surface area (Å²) in [5, 5.41) is 3.64. The summed E-state index contributed by atoms with van der Waals surface area (Å²) < 4.78 is 6.28. The van der Waals surface area contributed by atoms with Gasteiger partial charge in [-0.15, -0.1) is 0 Å². The highest BCUT2D eigenvalue weighted by molar-refractivity contribution is 9.10. The number of amides is 1. The SMILES string of the molecule is O=C(Nc1ccc(Cl)cc1)c1cc(=O)c2ccc(Br)cc2o1. The third-order valence-electron chi connectivity index (χ3n) is 3.02. The van der Waals surface area contributed by atoms with Gasteiger partial charge in [0.15, 0.2) is 11.2 Å². The van der Waals surface area contributed by atoms with Crippen molar-refractivity contribution in [2.75, 3.05) is 5.32 Å². The van der Waals surface area contributed by atoms with E-state index in [1.807, 2.05) is 0 Å². The van der Waals surface area contributed by atoms with E-state index in [0.717, 1.165) is 4.47 Å². The van der Waals surface area contributed by atoms with Crippen molar-refractivity contribution in [2.45, 2.75) is 0 Å². The van der Waals surface area contributed by atoms with Gasteiger partial charge in [0.25, 0.3) is 5.91 Å². The second-order valence-corrected chi connectivity index (χ2v) is 5.93. The number of halogens is 2. The van der Waals surface area contributed by atoms with Crippen molar-refractivity contribution in [2.24, 2.45) is 0 Å². The minimum absolute atomic E-state index is 0.0504. The molecule has 0 radical (unpaired) electrons. The molecule has 0 saturated carbocycles. The molecule has 1 heterocycles. The van der Waals surface area contributed by atoms with Crippen LogP contribution >= 0.6 is 27.5 Å². The molecule has 2 aromatic carbocycles. The summed E-state index contributed by atoms with van der Waals surface area (Å²) in [6, 6.07) is 12.9. The van der Waals surface area contributed by atoms with Gasteiger partial charge in [0.05, 0.1) is 5.39 Å². The monoisotopic (exact) mass is 377 g/mol. The number of nitrogens with one attached hydrogen (secondary N) is 1. The zero-order valence-electron chi connectivity index (χ0n) is 11.1. The first-order valence-corrected chi connectivity index (χ1v) is 7.50. The summed E-state index contributed by atoms with van der Waals surface area (Å²) in [6.07, 6.45) is 0. The number of hydrogen-bond donors (Lipinski definition) is 1. The van der Waals surface area contributed by atoms with E-state index in [4.69, 9.17) is 16.0 Å². The van der Waals surface area contributed by atoms with Crippen molar-refractivity contribution < 1.29 is 9.21 Å². The Kier molecular flexibility index (Phi) is 4.00. The topological polar surface area (TPSA) is 59.3 Å². The van der Waals surface area contributed by atoms with E-state index in [-0.39, 0.29) is 11.2 Å². The van der Waals surface area contributed by atoms with E-state index in [1.165, 1.54) is 6.07 Å². The lowest BCUT2D eigenvalue weighted by Gasteiger charge is -2.05. The van der Waals surface area contributed by atoms with Gasteiger partial charge in [-0.2, -0.15) is 0 Å². The molecule has 1 aromatic heterocycles. The molecule has 0 spiro atoms. The van der Waals surface area contributed by atoms with Gasteiger partial charge in [-0.3, -0.25) is 9.59 Å². The lowest BCUT2D eigenvalue weighted by Crippen LogP contribution is -2.14. The predicted molar refractivity (Wildman–Crippen MR) is 89.6 cm³/mol. The van der Waals surface area contributed by atoms with Crippen LogP contribution in [0.4, 0.5) is 5.69 Å². The number of carbonyl (C=O) groups is 1. The Bertz CT molecular complexity index is 919. The molecule has 0 atom stereocenters. The number of fused-ring (bicyclic) bond motifs is 1. The summed E-state index contributed by atoms with van der Waals surface area (Å²) in [6.45, 7) is 0. The largest absolute Gasteiger partial charge is 0.451 e.